The van der Waals surface area contributed by atoms with Crippen LogP contribution in [0.15, 0.2) is 29.3 Å². The van der Waals surface area contributed by atoms with Gasteiger partial charge in [-0.1, -0.05) is 24.6 Å². The van der Waals surface area contributed by atoms with Crippen LogP contribution < -0.4 is 20.1 Å². The Kier molecular flexibility index (Phi) is 8.23. The average molecular weight is 404 g/mol. The number of guanidine groups is 1. The second-order valence-electron chi connectivity index (χ2n) is 6.30. The summed E-state index contributed by atoms with van der Waals surface area (Å²) >= 11 is 0. The number of ether oxygens (including phenoxy) is 1. The lowest BCUT2D eigenvalue weighted by Gasteiger charge is -2.25. The van der Waals surface area contributed by atoms with E-state index in [1.807, 2.05) is 0 Å². The lowest BCUT2D eigenvalue weighted by atomic mass is 9.86. The second kappa shape index (κ2) is 10.4. The van der Waals surface area contributed by atoms with Gasteiger partial charge in [-0.25, -0.2) is 13.1 Å². The highest BCUT2D eigenvalue weighted by Gasteiger charge is 2.20. The van der Waals surface area contributed by atoms with Gasteiger partial charge in [0.25, 0.3) is 0 Å². The number of para-hydroxylation sites is 1. The first-order valence-electron chi connectivity index (χ1n) is 8.84. The molecule has 7 nitrogen and oxygen atoms in total. The number of benzene rings is 1. The summed E-state index contributed by atoms with van der Waals surface area (Å²) in [5.41, 5.74) is 0.538. The predicted molar refractivity (Wildman–Crippen MR) is 100 cm³/mol. The molecule has 0 bridgehead atoms. The van der Waals surface area contributed by atoms with Crippen molar-refractivity contribution in [3.05, 3.63) is 29.8 Å². The van der Waals surface area contributed by atoms with Crippen molar-refractivity contribution in [2.24, 2.45) is 10.9 Å². The number of alkyl halides is 2. The molecular formula is C17H26F2N4O3S. The molecule has 27 heavy (non-hydrogen) atoms. The molecule has 0 aromatic heterocycles. The number of hydrogen-bond acceptors (Lipinski definition) is 4. The highest BCUT2D eigenvalue weighted by Crippen LogP contribution is 2.25. The standard InChI is InChI=1S/C17H26F2N4O3S/c1-20-17(21-9-10-27(24,25)23-11-13-5-4-6-13)22-12-14-7-2-3-8-15(14)26-16(18)19/h2-3,7-8,13,16,23H,4-6,9-12H2,1H3,(H2,20,21,22). The number of hydrogen-bond donors (Lipinski definition) is 3. The van der Waals surface area contributed by atoms with Crippen LogP contribution in [0.1, 0.15) is 24.8 Å². The summed E-state index contributed by atoms with van der Waals surface area (Å²) in [4.78, 5) is 4.00. The summed E-state index contributed by atoms with van der Waals surface area (Å²) in [7, 11) is -1.80. The van der Waals surface area contributed by atoms with Crippen molar-refractivity contribution in [1.29, 1.82) is 0 Å². The Morgan fingerprint density at radius 3 is 2.67 bits per heavy atom. The van der Waals surface area contributed by atoms with Gasteiger partial charge >= 0.3 is 6.61 Å². The van der Waals surface area contributed by atoms with Crippen molar-refractivity contribution in [2.75, 3.05) is 25.9 Å². The summed E-state index contributed by atoms with van der Waals surface area (Å²) in [5, 5.41) is 5.86. The maximum Gasteiger partial charge on any atom is 0.387 e. The zero-order valence-electron chi connectivity index (χ0n) is 15.2. The Labute approximate surface area is 158 Å². The number of nitrogens with one attached hydrogen (secondary N) is 3. The lowest BCUT2D eigenvalue weighted by molar-refractivity contribution is -0.0504. The van der Waals surface area contributed by atoms with E-state index in [0.29, 0.717) is 24.0 Å². The molecular weight excluding hydrogens is 378 g/mol. The van der Waals surface area contributed by atoms with Crippen molar-refractivity contribution in [1.82, 2.24) is 15.4 Å². The van der Waals surface area contributed by atoms with E-state index in [1.54, 1.807) is 25.2 Å². The molecule has 1 fully saturated rings. The van der Waals surface area contributed by atoms with Gasteiger partial charge in [-0.15, -0.1) is 0 Å². The van der Waals surface area contributed by atoms with Crippen LogP contribution in [0.25, 0.3) is 0 Å². The third-order valence-electron chi connectivity index (χ3n) is 4.34. The van der Waals surface area contributed by atoms with Gasteiger partial charge in [-0.2, -0.15) is 8.78 Å². The van der Waals surface area contributed by atoms with Gasteiger partial charge in [-0.05, 0) is 24.8 Å². The number of aliphatic imine (C=N–C) groups is 1. The van der Waals surface area contributed by atoms with Crippen LogP contribution in [0.2, 0.25) is 0 Å². The molecule has 1 aromatic carbocycles. The zero-order valence-corrected chi connectivity index (χ0v) is 16.1. The highest BCUT2D eigenvalue weighted by molar-refractivity contribution is 7.89. The Morgan fingerprint density at radius 2 is 2.04 bits per heavy atom. The first-order valence-corrected chi connectivity index (χ1v) is 10.5. The number of sulfonamides is 1. The molecule has 0 atom stereocenters. The molecule has 1 aromatic rings. The molecule has 1 aliphatic rings. The van der Waals surface area contributed by atoms with Crippen LogP contribution in [-0.4, -0.2) is 46.9 Å². The van der Waals surface area contributed by atoms with Crippen LogP contribution in [0.3, 0.4) is 0 Å². The third kappa shape index (κ3) is 7.67. The molecule has 0 amide bonds. The quantitative estimate of drug-likeness (QED) is 0.408. The monoisotopic (exact) mass is 404 g/mol. The molecule has 1 saturated carbocycles. The summed E-state index contributed by atoms with van der Waals surface area (Å²) in [5.74, 6) is 0.831. The summed E-state index contributed by atoms with van der Waals surface area (Å²) in [6.45, 7) is -2.03. The van der Waals surface area contributed by atoms with Crippen molar-refractivity contribution >= 4 is 16.0 Å². The van der Waals surface area contributed by atoms with Crippen molar-refractivity contribution in [3.8, 4) is 5.75 Å². The molecule has 10 heteroatoms. The van der Waals surface area contributed by atoms with Gasteiger partial charge in [0.15, 0.2) is 5.96 Å². The molecule has 152 valence electrons. The minimum Gasteiger partial charge on any atom is -0.434 e. The SMILES string of the molecule is CN=C(NCCS(=O)(=O)NCC1CCC1)NCc1ccccc1OC(F)F. The summed E-state index contributed by atoms with van der Waals surface area (Å²) in [6, 6.07) is 6.44. The van der Waals surface area contributed by atoms with Crippen LogP contribution in [-0.2, 0) is 16.6 Å². The molecule has 0 unspecified atom stereocenters. The van der Waals surface area contributed by atoms with E-state index in [-0.39, 0.29) is 24.6 Å². The molecule has 0 heterocycles. The zero-order chi connectivity index (χ0) is 19.7. The first-order chi connectivity index (χ1) is 12.9. The molecule has 0 aliphatic heterocycles. The Bertz CT molecular complexity index is 725. The van der Waals surface area contributed by atoms with E-state index >= 15 is 0 Å². The fourth-order valence-corrected chi connectivity index (χ4v) is 3.58. The third-order valence-corrected chi connectivity index (χ3v) is 5.69. The molecule has 0 spiro atoms. The molecule has 0 radical (unpaired) electrons. The van der Waals surface area contributed by atoms with Gasteiger partial charge in [-0.3, -0.25) is 4.99 Å². The fourth-order valence-electron chi connectivity index (χ4n) is 2.58. The van der Waals surface area contributed by atoms with Crippen LogP contribution >= 0.6 is 0 Å². The van der Waals surface area contributed by atoms with Crippen molar-refractivity contribution in [3.63, 3.8) is 0 Å². The van der Waals surface area contributed by atoms with Gasteiger partial charge < -0.3 is 15.4 Å². The minimum absolute atomic E-state index is 0.0779. The first kappa shape index (κ1) is 21.4. The molecule has 2 rings (SSSR count). The normalized spacial score (nSPS) is 15.5. The van der Waals surface area contributed by atoms with E-state index in [0.717, 1.165) is 12.8 Å². The van der Waals surface area contributed by atoms with E-state index in [4.69, 9.17) is 0 Å². The molecule has 1 aliphatic carbocycles. The van der Waals surface area contributed by atoms with Crippen molar-refractivity contribution in [2.45, 2.75) is 32.4 Å². The maximum absolute atomic E-state index is 12.4. The van der Waals surface area contributed by atoms with E-state index in [2.05, 4.69) is 25.1 Å². The number of halogens is 2. The number of nitrogens with zero attached hydrogens (tertiary/aromatic N) is 1. The fraction of sp³-hybridized carbons (Fsp3) is 0.588. The largest absolute Gasteiger partial charge is 0.434 e. The highest BCUT2D eigenvalue weighted by atomic mass is 32.2. The topological polar surface area (TPSA) is 91.8 Å². The average Bonchev–Trinajstić information content (AvgIpc) is 2.57. The Hall–Kier alpha value is -1.94. The van der Waals surface area contributed by atoms with Crippen LogP contribution in [0, 0.1) is 5.92 Å². The van der Waals surface area contributed by atoms with Gasteiger partial charge in [0, 0.05) is 32.2 Å². The smallest absolute Gasteiger partial charge is 0.387 e. The predicted octanol–water partition coefficient (Wildman–Crippen LogP) is 1.67. The van der Waals surface area contributed by atoms with Crippen LogP contribution in [0.5, 0.6) is 5.75 Å². The second-order valence-corrected chi connectivity index (χ2v) is 8.23. The molecule has 3 N–H and O–H groups in total. The summed E-state index contributed by atoms with van der Waals surface area (Å²) < 4.78 is 55.9. The molecule has 0 saturated heterocycles. The van der Waals surface area contributed by atoms with Crippen molar-refractivity contribution < 1.29 is 21.9 Å². The van der Waals surface area contributed by atoms with Crippen LogP contribution in [0.4, 0.5) is 8.78 Å². The Balaban J connectivity index is 1.76. The minimum atomic E-state index is -3.34. The summed E-state index contributed by atoms with van der Waals surface area (Å²) in [6.07, 6.45) is 3.32. The van der Waals surface area contributed by atoms with Gasteiger partial charge in [0.1, 0.15) is 5.75 Å². The van der Waals surface area contributed by atoms with Gasteiger partial charge in [0.2, 0.25) is 10.0 Å². The van der Waals surface area contributed by atoms with E-state index < -0.39 is 16.6 Å². The maximum atomic E-state index is 12.4. The van der Waals surface area contributed by atoms with Gasteiger partial charge in [0.05, 0.1) is 5.75 Å². The lowest BCUT2D eigenvalue weighted by Crippen LogP contribution is -2.41. The van der Waals surface area contributed by atoms with E-state index in [9.17, 15) is 17.2 Å². The Morgan fingerprint density at radius 1 is 1.30 bits per heavy atom. The van der Waals surface area contributed by atoms with E-state index in [1.165, 1.54) is 12.5 Å². The number of rotatable bonds is 10.